The third-order valence-electron chi connectivity index (χ3n) is 4.00. The highest BCUT2D eigenvalue weighted by Crippen LogP contribution is 2.22. The van der Waals surface area contributed by atoms with Gasteiger partial charge in [0.1, 0.15) is 12.4 Å². The molecule has 1 N–H and O–H groups in total. The molecule has 0 unspecified atom stereocenters. The van der Waals surface area contributed by atoms with Gasteiger partial charge in [0.05, 0.1) is 17.6 Å². The van der Waals surface area contributed by atoms with Crippen molar-refractivity contribution in [1.82, 2.24) is 9.13 Å². The van der Waals surface area contributed by atoms with Crippen LogP contribution in [0.25, 0.3) is 16.7 Å². The fourth-order valence-corrected chi connectivity index (χ4v) is 2.87. The van der Waals surface area contributed by atoms with E-state index < -0.39 is 0 Å². The summed E-state index contributed by atoms with van der Waals surface area (Å²) in [5.74, 6) is 0.696. The monoisotopic (exact) mass is 342 g/mol. The first-order valence-electron chi connectivity index (χ1n) is 8.50. The molecule has 0 spiro atoms. The van der Waals surface area contributed by atoms with Crippen molar-refractivity contribution in [3.63, 3.8) is 0 Å². The number of aliphatic hydroxyl groups is 1. The number of fused-ring (bicyclic) bond motifs is 1. The van der Waals surface area contributed by atoms with Crippen LogP contribution in [0, 0.1) is 0 Å². The Kier molecular flexibility index (Phi) is 6.42. The van der Waals surface area contributed by atoms with Gasteiger partial charge in [0.15, 0.2) is 0 Å². The van der Waals surface area contributed by atoms with E-state index in [0.717, 1.165) is 28.7 Å². The van der Waals surface area contributed by atoms with Crippen molar-refractivity contribution in [3.8, 4) is 0 Å². The van der Waals surface area contributed by atoms with E-state index in [-0.39, 0.29) is 18.9 Å². The third kappa shape index (κ3) is 3.94. The third-order valence-corrected chi connectivity index (χ3v) is 4.00. The molecule has 0 aliphatic heterocycles. The van der Waals surface area contributed by atoms with Gasteiger partial charge in [0.25, 0.3) is 0 Å². The molecule has 0 aliphatic rings. The number of imidazole rings is 1. The van der Waals surface area contributed by atoms with E-state index in [0.29, 0.717) is 5.76 Å². The first-order valence-corrected chi connectivity index (χ1v) is 8.50. The van der Waals surface area contributed by atoms with Gasteiger partial charge in [0, 0.05) is 12.7 Å². The molecule has 0 radical (unpaired) electrons. The average molecular weight is 342 g/mol. The highest BCUT2D eigenvalue weighted by atomic mass is 16.5. The van der Waals surface area contributed by atoms with Gasteiger partial charge in [-0.05, 0) is 50.1 Å². The summed E-state index contributed by atoms with van der Waals surface area (Å²) >= 11 is 0. The van der Waals surface area contributed by atoms with Crippen LogP contribution >= 0.6 is 0 Å². The second-order valence-electron chi connectivity index (χ2n) is 5.75. The first-order chi connectivity index (χ1) is 12.0. The highest BCUT2D eigenvalue weighted by Gasteiger charge is 2.14. The minimum Gasteiger partial charge on any atom is -0.492 e. The quantitative estimate of drug-likeness (QED) is 0.619. The van der Waals surface area contributed by atoms with Crippen LogP contribution in [-0.2, 0) is 11.8 Å². The predicted octanol–water partition coefficient (Wildman–Crippen LogP) is 3.45. The Morgan fingerprint density at radius 1 is 1.28 bits per heavy atom. The van der Waals surface area contributed by atoms with Crippen LogP contribution < -0.4 is 5.69 Å². The Hall–Kier alpha value is -2.53. The van der Waals surface area contributed by atoms with Crippen molar-refractivity contribution < 1.29 is 9.84 Å². The minimum atomic E-state index is -0.0839. The van der Waals surface area contributed by atoms with E-state index in [4.69, 9.17) is 9.84 Å². The molecule has 0 aliphatic carbocycles. The van der Waals surface area contributed by atoms with Crippen molar-refractivity contribution in [2.24, 2.45) is 7.05 Å². The molecular weight excluding hydrogens is 316 g/mol. The highest BCUT2D eigenvalue weighted by molar-refractivity contribution is 5.82. The fraction of sp³-hybridized carbons (Fsp3) is 0.350. The van der Waals surface area contributed by atoms with E-state index in [1.54, 1.807) is 16.2 Å². The normalized spacial score (nSPS) is 13.6. The lowest BCUT2D eigenvalue weighted by atomic mass is 10.1. The molecular formula is C20H26N2O3. The van der Waals surface area contributed by atoms with Crippen LogP contribution in [-0.4, -0.2) is 27.5 Å². The summed E-state index contributed by atoms with van der Waals surface area (Å²) in [5, 5.41) is 8.98. The van der Waals surface area contributed by atoms with Crippen LogP contribution in [0.5, 0.6) is 0 Å². The number of para-hydroxylation sites is 2. The summed E-state index contributed by atoms with van der Waals surface area (Å²) in [6.07, 6.45) is 6.61. The molecule has 0 atom stereocenters. The minimum absolute atomic E-state index is 0.0345. The number of allylic oxidation sites excluding steroid dienone is 5. The van der Waals surface area contributed by atoms with Crippen molar-refractivity contribution in [3.05, 3.63) is 64.3 Å². The number of ether oxygens (including phenoxy) is 1. The summed E-state index contributed by atoms with van der Waals surface area (Å²) < 4.78 is 8.94. The summed E-state index contributed by atoms with van der Waals surface area (Å²) in [6, 6.07) is 7.73. The summed E-state index contributed by atoms with van der Waals surface area (Å²) in [5.41, 5.74) is 3.41. The van der Waals surface area contributed by atoms with Crippen LogP contribution in [0.4, 0.5) is 0 Å². The number of nitrogens with zero attached hydrogens (tertiary/aromatic N) is 2. The second-order valence-corrected chi connectivity index (χ2v) is 5.75. The smallest absolute Gasteiger partial charge is 0.333 e. The molecule has 2 rings (SSSR count). The molecule has 0 amide bonds. The zero-order valence-electron chi connectivity index (χ0n) is 15.3. The van der Waals surface area contributed by atoms with Crippen LogP contribution in [0.15, 0.2) is 58.6 Å². The lowest BCUT2D eigenvalue weighted by Crippen LogP contribution is -2.22. The lowest BCUT2D eigenvalue weighted by molar-refractivity contribution is 0.151. The Morgan fingerprint density at radius 3 is 2.56 bits per heavy atom. The molecule has 1 heterocycles. The number of benzene rings is 1. The SMILES string of the molecule is C\C=C(/C(C)=C\C(=C/CC)OCCO)n1c(=O)n(C)c2ccccc21. The molecule has 0 saturated carbocycles. The maximum atomic E-state index is 12.8. The van der Waals surface area contributed by atoms with E-state index in [2.05, 4.69) is 0 Å². The van der Waals surface area contributed by atoms with Gasteiger partial charge >= 0.3 is 5.69 Å². The maximum absolute atomic E-state index is 12.8. The summed E-state index contributed by atoms with van der Waals surface area (Å²) in [6.45, 7) is 6.10. The Labute approximate surface area is 148 Å². The molecule has 25 heavy (non-hydrogen) atoms. The number of aliphatic hydroxyl groups excluding tert-OH is 1. The molecule has 0 fully saturated rings. The van der Waals surface area contributed by atoms with Gasteiger partial charge in [-0.15, -0.1) is 0 Å². The van der Waals surface area contributed by atoms with Gasteiger partial charge in [-0.3, -0.25) is 9.13 Å². The zero-order valence-corrected chi connectivity index (χ0v) is 15.3. The molecule has 0 saturated heterocycles. The Bertz CT molecular complexity index is 882. The number of aryl methyl sites for hydroxylation is 1. The fourth-order valence-electron chi connectivity index (χ4n) is 2.87. The van der Waals surface area contributed by atoms with Crippen LogP contribution in [0.1, 0.15) is 27.2 Å². The summed E-state index contributed by atoms with van der Waals surface area (Å²) in [4.78, 5) is 12.8. The second kappa shape index (κ2) is 8.53. The van der Waals surface area contributed by atoms with Gasteiger partial charge in [-0.25, -0.2) is 4.79 Å². The molecule has 1 aromatic carbocycles. The van der Waals surface area contributed by atoms with Crippen molar-refractivity contribution in [2.45, 2.75) is 27.2 Å². The van der Waals surface area contributed by atoms with Crippen molar-refractivity contribution >= 4 is 16.7 Å². The molecule has 5 nitrogen and oxygen atoms in total. The molecule has 134 valence electrons. The number of rotatable bonds is 7. The zero-order chi connectivity index (χ0) is 18.4. The molecule has 2 aromatic rings. The lowest BCUT2D eigenvalue weighted by Gasteiger charge is -2.12. The van der Waals surface area contributed by atoms with Gasteiger partial charge in [-0.2, -0.15) is 0 Å². The standard InChI is InChI=1S/C20H26N2O3/c1-5-9-16(25-13-12-23)14-15(3)17(6-2)22-19-11-8-7-10-18(19)21(4)20(22)24/h6-11,14,23H,5,12-13H2,1-4H3/b15-14-,16-9+,17-6+. The molecule has 5 heteroatoms. The number of hydrogen-bond donors (Lipinski definition) is 1. The van der Waals surface area contributed by atoms with Crippen LogP contribution in [0.2, 0.25) is 0 Å². The van der Waals surface area contributed by atoms with E-state index in [1.807, 2.05) is 63.3 Å². The Morgan fingerprint density at radius 2 is 1.96 bits per heavy atom. The maximum Gasteiger partial charge on any atom is 0.333 e. The molecule has 0 bridgehead atoms. The van der Waals surface area contributed by atoms with Crippen molar-refractivity contribution in [1.29, 1.82) is 0 Å². The number of hydrogen-bond acceptors (Lipinski definition) is 3. The largest absolute Gasteiger partial charge is 0.492 e. The first kappa shape index (κ1) is 18.8. The summed E-state index contributed by atoms with van der Waals surface area (Å²) in [7, 11) is 1.78. The van der Waals surface area contributed by atoms with E-state index in [1.165, 1.54) is 0 Å². The van der Waals surface area contributed by atoms with Gasteiger partial charge in [0.2, 0.25) is 0 Å². The molecule has 1 aromatic heterocycles. The van der Waals surface area contributed by atoms with Crippen molar-refractivity contribution in [2.75, 3.05) is 13.2 Å². The number of aromatic nitrogens is 2. The topological polar surface area (TPSA) is 56.4 Å². The van der Waals surface area contributed by atoms with Crippen LogP contribution in [0.3, 0.4) is 0 Å². The average Bonchev–Trinajstić information content (AvgIpc) is 2.86. The van der Waals surface area contributed by atoms with Gasteiger partial charge < -0.3 is 9.84 Å². The van der Waals surface area contributed by atoms with E-state index >= 15 is 0 Å². The predicted molar refractivity (Wildman–Crippen MR) is 102 cm³/mol. The van der Waals surface area contributed by atoms with E-state index in [9.17, 15) is 4.79 Å². The van der Waals surface area contributed by atoms with Gasteiger partial charge in [-0.1, -0.05) is 25.1 Å². The Balaban J connectivity index is 2.54.